The first kappa shape index (κ1) is 25.9. The van der Waals surface area contributed by atoms with Crippen LogP contribution in [0.25, 0.3) is 0 Å². The van der Waals surface area contributed by atoms with E-state index in [1.165, 1.54) is 25.3 Å². The molecule has 0 aromatic heterocycles. The van der Waals surface area contributed by atoms with Crippen LogP contribution in [0.2, 0.25) is 10.0 Å². The second kappa shape index (κ2) is 9.51. The molecule has 184 valence electrons. The van der Waals surface area contributed by atoms with Gasteiger partial charge in [-0.3, -0.25) is 15.6 Å². The average molecular weight is 530 g/mol. The molecule has 0 bridgehead atoms. The number of amides is 1. The first-order chi connectivity index (χ1) is 15.8. The lowest BCUT2D eigenvalue weighted by atomic mass is 9.85. The fourth-order valence-electron chi connectivity index (χ4n) is 3.15. The number of nitrogens with one attached hydrogen (secondary N) is 2. The highest BCUT2D eigenvalue weighted by Gasteiger charge is 2.62. The van der Waals surface area contributed by atoms with Crippen LogP contribution in [0.1, 0.15) is 23.1 Å². The minimum absolute atomic E-state index is 0.118. The standard InChI is InChI=1S/C20H15Cl2F6N3O3/c1-33-9-17(32)30-29-15-4-10(2-3-14(15)22)16-8-18(34-31-16,20(26,27)28)11-5-12(19(23,24)25)7-13(21)6-11/h2-7,29H,8-9H2,1H3,(H,30,32)/t18-/m1/s1. The van der Waals surface area contributed by atoms with E-state index in [2.05, 4.69) is 20.7 Å². The molecule has 0 unspecified atom stereocenters. The number of alkyl halides is 6. The third-order valence-corrected chi connectivity index (χ3v) is 5.34. The predicted molar refractivity (Wildman–Crippen MR) is 112 cm³/mol. The molecule has 34 heavy (non-hydrogen) atoms. The molecule has 1 aliphatic rings. The third kappa shape index (κ3) is 5.34. The number of nitrogens with zero attached hydrogens (tertiary/aromatic N) is 1. The van der Waals surface area contributed by atoms with Gasteiger partial charge in [-0.25, -0.2) is 0 Å². The zero-order chi connectivity index (χ0) is 25.3. The third-order valence-electron chi connectivity index (χ3n) is 4.79. The molecule has 0 aliphatic carbocycles. The van der Waals surface area contributed by atoms with Crippen LogP contribution in [0.4, 0.5) is 32.0 Å². The number of anilines is 1. The van der Waals surface area contributed by atoms with E-state index in [0.29, 0.717) is 12.1 Å². The number of halogens is 8. The monoisotopic (exact) mass is 529 g/mol. The minimum atomic E-state index is -5.15. The van der Waals surface area contributed by atoms with Gasteiger partial charge >= 0.3 is 12.4 Å². The van der Waals surface area contributed by atoms with Crippen molar-refractivity contribution < 1.29 is 40.7 Å². The zero-order valence-corrected chi connectivity index (χ0v) is 18.6. The Labute approximate surface area is 198 Å². The second-order valence-electron chi connectivity index (χ2n) is 7.16. The fourth-order valence-corrected chi connectivity index (χ4v) is 3.55. The van der Waals surface area contributed by atoms with E-state index in [4.69, 9.17) is 28.0 Å². The first-order valence-corrected chi connectivity index (χ1v) is 10.1. The highest BCUT2D eigenvalue weighted by atomic mass is 35.5. The Kier molecular flexibility index (Phi) is 7.25. The normalized spacial score (nSPS) is 18.3. The van der Waals surface area contributed by atoms with E-state index in [1.54, 1.807) is 0 Å². The van der Waals surface area contributed by atoms with E-state index in [9.17, 15) is 31.1 Å². The SMILES string of the molecule is COCC(=O)NNc1cc(C2=NO[C@](c3cc(Cl)cc(C(F)(F)F)c3)(C(F)(F)F)C2)ccc1Cl. The van der Waals surface area contributed by atoms with Gasteiger partial charge in [-0.05, 0) is 30.3 Å². The first-order valence-electron chi connectivity index (χ1n) is 9.30. The minimum Gasteiger partial charge on any atom is -0.375 e. The highest BCUT2D eigenvalue weighted by molar-refractivity contribution is 6.33. The summed E-state index contributed by atoms with van der Waals surface area (Å²) >= 11 is 11.7. The molecule has 0 radical (unpaired) electrons. The number of hydrazine groups is 1. The molecule has 0 saturated carbocycles. The maximum absolute atomic E-state index is 14.2. The number of oxime groups is 1. The van der Waals surface area contributed by atoms with E-state index in [0.717, 1.165) is 6.07 Å². The molecular formula is C20H15Cl2F6N3O3. The zero-order valence-electron chi connectivity index (χ0n) is 17.1. The predicted octanol–water partition coefficient (Wildman–Crippen LogP) is 5.68. The van der Waals surface area contributed by atoms with Gasteiger partial charge in [0.05, 0.1) is 22.0 Å². The second-order valence-corrected chi connectivity index (χ2v) is 8.00. The topological polar surface area (TPSA) is 72.0 Å². The number of rotatable bonds is 6. The molecule has 6 nitrogen and oxygen atoms in total. The van der Waals surface area contributed by atoms with Gasteiger partial charge in [-0.15, -0.1) is 0 Å². The van der Waals surface area contributed by atoms with Gasteiger partial charge in [-0.2, -0.15) is 26.3 Å². The molecule has 1 amide bonds. The van der Waals surface area contributed by atoms with Crippen LogP contribution in [-0.4, -0.2) is 31.5 Å². The molecule has 2 aromatic rings. The number of hydrogen-bond acceptors (Lipinski definition) is 5. The van der Waals surface area contributed by atoms with Crippen molar-refractivity contribution >= 4 is 40.5 Å². The summed E-state index contributed by atoms with van der Waals surface area (Å²) in [6.07, 6.45) is -11.0. The summed E-state index contributed by atoms with van der Waals surface area (Å²) in [5.41, 5.74) is -0.596. The van der Waals surface area contributed by atoms with E-state index < -0.39 is 46.4 Å². The fraction of sp³-hybridized carbons (Fsp3) is 0.300. The van der Waals surface area contributed by atoms with Gasteiger partial charge in [0, 0.05) is 29.7 Å². The van der Waals surface area contributed by atoms with Gasteiger partial charge < -0.3 is 9.57 Å². The Hall–Kier alpha value is -2.70. The van der Waals surface area contributed by atoms with Gasteiger partial charge in [0.1, 0.15) is 6.61 Å². The summed E-state index contributed by atoms with van der Waals surface area (Å²) in [5, 5.41) is 3.09. The lowest BCUT2D eigenvalue weighted by molar-refractivity contribution is -0.276. The number of carbonyl (C=O) groups is 1. The summed E-state index contributed by atoms with van der Waals surface area (Å²) in [5.74, 6) is -0.553. The number of hydrogen-bond donors (Lipinski definition) is 2. The molecule has 3 rings (SSSR count). The maximum Gasteiger partial charge on any atom is 0.435 e. The summed E-state index contributed by atoms with van der Waals surface area (Å²) < 4.78 is 86.7. The molecule has 0 saturated heterocycles. The number of benzene rings is 2. The van der Waals surface area contributed by atoms with Crippen molar-refractivity contribution in [3.63, 3.8) is 0 Å². The largest absolute Gasteiger partial charge is 0.435 e. The molecule has 14 heteroatoms. The molecule has 0 fully saturated rings. The molecule has 1 heterocycles. The van der Waals surface area contributed by atoms with Crippen molar-refractivity contribution in [2.24, 2.45) is 5.16 Å². The molecule has 2 N–H and O–H groups in total. The number of ether oxygens (including phenoxy) is 1. The number of carbonyl (C=O) groups excluding carboxylic acids is 1. The summed E-state index contributed by atoms with van der Waals surface area (Å²) in [4.78, 5) is 16.3. The van der Waals surface area contributed by atoms with Gasteiger partial charge in [-0.1, -0.05) is 34.4 Å². The highest BCUT2D eigenvalue weighted by Crippen LogP contribution is 2.50. The van der Waals surface area contributed by atoms with Crippen molar-refractivity contribution in [3.8, 4) is 0 Å². The van der Waals surface area contributed by atoms with Gasteiger partial charge in [0.15, 0.2) is 0 Å². The molecule has 1 aliphatic heterocycles. The Balaban J connectivity index is 1.95. The summed E-state index contributed by atoms with van der Waals surface area (Å²) in [6.45, 7) is -0.265. The smallest absolute Gasteiger partial charge is 0.375 e. The molecular weight excluding hydrogens is 515 g/mol. The molecule has 1 atom stereocenters. The quantitative estimate of drug-likeness (QED) is 0.373. The van der Waals surface area contributed by atoms with Crippen molar-refractivity contribution in [1.82, 2.24) is 5.43 Å². The molecule has 2 aromatic carbocycles. The number of methoxy groups -OCH3 is 1. The molecule has 0 spiro atoms. The van der Waals surface area contributed by atoms with Crippen LogP contribution >= 0.6 is 23.2 Å². The summed E-state index contributed by atoms with van der Waals surface area (Å²) in [7, 11) is 1.30. The van der Waals surface area contributed by atoms with Crippen LogP contribution in [0.15, 0.2) is 41.6 Å². The Bertz CT molecular complexity index is 1120. The summed E-state index contributed by atoms with van der Waals surface area (Å²) in [6, 6.07) is 5.57. The van der Waals surface area contributed by atoms with E-state index >= 15 is 0 Å². The van der Waals surface area contributed by atoms with Crippen molar-refractivity contribution in [3.05, 3.63) is 63.1 Å². The van der Waals surface area contributed by atoms with Crippen LogP contribution < -0.4 is 10.9 Å². The van der Waals surface area contributed by atoms with Crippen LogP contribution in [-0.2, 0) is 26.1 Å². The maximum atomic E-state index is 14.2. The van der Waals surface area contributed by atoms with E-state index in [-0.39, 0.29) is 28.6 Å². The van der Waals surface area contributed by atoms with Crippen LogP contribution in [0.3, 0.4) is 0 Å². The lowest BCUT2D eigenvalue weighted by Gasteiger charge is -2.30. The van der Waals surface area contributed by atoms with Crippen LogP contribution in [0.5, 0.6) is 0 Å². The van der Waals surface area contributed by atoms with Crippen LogP contribution in [0, 0.1) is 0 Å². The van der Waals surface area contributed by atoms with Gasteiger partial charge in [0.2, 0.25) is 0 Å². The van der Waals surface area contributed by atoms with Crippen molar-refractivity contribution in [2.75, 3.05) is 19.1 Å². The Morgan fingerprint density at radius 1 is 1.15 bits per heavy atom. The average Bonchev–Trinajstić information content (AvgIpc) is 3.19. The Morgan fingerprint density at radius 2 is 1.85 bits per heavy atom. The van der Waals surface area contributed by atoms with E-state index in [1.807, 2.05) is 0 Å². The van der Waals surface area contributed by atoms with Crippen molar-refractivity contribution in [1.29, 1.82) is 0 Å². The Morgan fingerprint density at radius 3 is 2.47 bits per heavy atom. The van der Waals surface area contributed by atoms with Gasteiger partial charge in [0.25, 0.3) is 11.5 Å². The lowest BCUT2D eigenvalue weighted by Crippen LogP contribution is -2.43. The van der Waals surface area contributed by atoms with Crippen molar-refractivity contribution in [2.45, 2.75) is 24.4 Å².